The van der Waals surface area contributed by atoms with E-state index in [1.807, 2.05) is 36.6 Å². The first-order valence-corrected chi connectivity index (χ1v) is 7.80. The molecule has 0 saturated carbocycles. The van der Waals surface area contributed by atoms with Crippen LogP contribution in [-0.4, -0.2) is 16.6 Å². The zero-order valence-electron chi connectivity index (χ0n) is 12.1. The fourth-order valence-corrected chi connectivity index (χ4v) is 3.20. The van der Waals surface area contributed by atoms with E-state index in [0.29, 0.717) is 6.54 Å². The molecule has 21 heavy (non-hydrogen) atoms. The number of aliphatic hydroxyl groups is 1. The number of thiophene rings is 1. The number of nitrogens with one attached hydrogen (secondary N) is 1. The molecule has 0 saturated heterocycles. The number of hydrogen-bond donors (Lipinski definition) is 2. The minimum absolute atomic E-state index is 0.459. The second kappa shape index (κ2) is 5.47. The molecule has 0 spiro atoms. The standard InChI is InChI=1S/C17H18N2OS/c1-12-5-3-6-13-14(8-9-18-16(12)13)19-11-17(2,20)15-7-4-10-21-15/h3-10,20H,11H2,1-2H3,(H,18,19). The first-order valence-electron chi connectivity index (χ1n) is 6.92. The maximum absolute atomic E-state index is 10.6. The number of benzene rings is 1. The van der Waals surface area contributed by atoms with Gasteiger partial charge in [-0.3, -0.25) is 4.98 Å². The highest BCUT2D eigenvalue weighted by atomic mass is 32.1. The fourth-order valence-electron chi connectivity index (χ4n) is 2.42. The predicted molar refractivity (Wildman–Crippen MR) is 88.9 cm³/mol. The lowest BCUT2D eigenvalue weighted by Crippen LogP contribution is -2.29. The Labute approximate surface area is 128 Å². The maximum atomic E-state index is 10.6. The normalized spacial score (nSPS) is 14.0. The number of rotatable bonds is 4. The van der Waals surface area contributed by atoms with Crippen molar-refractivity contribution in [3.8, 4) is 0 Å². The molecular weight excluding hydrogens is 280 g/mol. The van der Waals surface area contributed by atoms with Crippen LogP contribution in [-0.2, 0) is 5.60 Å². The summed E-state index contributed by atoms with van der Waals surface area (Å²) in [6, 6.07) is 12.0. The Morgan fingerprint density at radius 3 is 2.86 bits per heavy atom. The molecule has 2 N–H and O–H groups in total. The average Bonchev–Trinajstić information content (AvgIpc) is 3.01. The van der Waals surface area contributed by atoms with Gasteiger partial charge in [-0.05, 0) is 36.9 Å². The zero-order valence-corrected chi connectivity index (χ0v) is 12.9. The summed E-state index contributed by atoms with van der Waals surface area (Å²) in [5.41, 5.74) is 2.27. The third kappa shape index (κ3) is 2.77. The Morgan fingerprint density at radius 1 is 1.24 bits per heavy atom. The molecule has 3 nitrogen and oxygen atoms in total. The lowest BCUT2D eigenvalue weighted by Gasteiger charge is -2.23. The van der Waals surface area contributed by atoms with Crippen LogP contribution in [0.2, 0.25) is 0 Å². The number of anilines is 1. The van der Waals surface area contributed by atoms with E-state index in [4.69, 9.17) is 0 Å². The van der Waals surface area contributed by atoms with Gasteiger partial charge >= 0.3 is 0 Å². The molecule has 108 valence electrons. The number of para-hydroxylation sites is 1. The molecule has 4 heteroatoms. The monoisotopic (exact) mass is 298 g/mol. The molecule has 1 aromatic carbocycles. The Hall–Kier alpha value is -1.91. The van der Waals surface area contributed by atoms with Gasteiger partial charge < -0.3 is 10.4 Å². The second-order valence-electron chi connectivity index (χ2n) is 5.43. The van der Waals surface area contributed by atoms with Crippen LogP contribution in [0.25, 0.3) is 10.9 Å². The maximum Gasteiger partial charge on any atom is 0.113 e. The molecule has 0 aliphatic carbocycles. The summed E-state index contributed by atoms with van der Waals surface area (Å²) in [6.45, 7) is 4.35. The number of fused-ring (bicyclic) bond motifs is 1. The van der Waals surface area contributed by atoms with E-state index >= 15 is 0 Å². The zero-order chi connectivity index (χ0) is 14.9. The van der Waals surface area contributed by atoms with Crippen molar-refractivity contribution in [3.63, 3.8) is 0 Å². The summed E-state index contributed by atoms with van der Waals surface area (Å²) in [5.74, 6) is 0. The summed E-state index contributed by atoms with van der Waals surface area (Å²) < 4.78 is 0. The molecular formula is C17H18N2OS. The molecule has 0 aliphatic rings. The third-order valence-electron chi connectivity index (χ3n) is 3.65. The van der Waals surface area contributed by atoms with E-state index < -0.39 is 5.60 Å². The smallest absolute Gasteiger partial charge is 0.113 e. The Morgan fingerprint density at radius 2 is 2.10 bits per heavy atom. The molecule has 2 aromatic heterocycles. The van der Waals surface area contributed by atoms with Gasteiger partial charge in [0.15, 0.2) is 0 Å². The van der Waals surface area contributed by atoms with Crippen LogP contribution in [0, 0.1) is 6.92 Å². The van der Waals surface area contributed by atoms with E-state index in [-0.39, 0.29) is 0 Å². The van der Waals surface area contributed by atoms with E-state index in [0.717, 1.165) is 27.0 Å². The van der Waals surface area contributed by atoms with Crippen molar-refractivity contribution in [3.05, 3.63) is 58.4 Å². The SMILES string of the molecule is Cc1cccc2c(NCC(C)(O)c3cccs3)ccnc12. The van der Waals surface area contributed by atoms with Gasteiger partial charge in [-0.2, -0.15) is 0 Å². The van der Waals surface area contributed by atoms with Crippen LogP contribution in [0.3, 0.4) is 0 Å². The molecule has 0 aliphatic heterocycles. The number of hydrogen-bond acceptors (Lipinski definition) is 4. The topological polar surface area (TPSA) is 45.1 Å². The van der Waals surface area contributed by atoms with Gasteiger partial charge in [-0.25, -0.2) is 0 Å². The quantitative estimate of drug-likeness (QED) is 0.767. The lowest BCUT2D eigenvalue weighted by atomic mass is 10.0. The van der Waals surface area contributed by atoms with E-state index in [2.05, 4.69) is 29.4 Å². The van der Waals surface area contributed by atoms with Gasteiger partial charge in [0.2, 0.25) is 0 Å². The van der Waals surface area contributed by atoms with Crippen molar-refractivity contribution in [2.45, 2.75) is 19.4 Å². The summed E-state index contributed by atoms with van der Waals surface area (Å²) in [5, 5.41) is 17.0. The third-order valence-corrected chi connectivity index (χ3v) is 4.77. The van der Waals surface area contributed by atoms with Crippen molar-refractivity contribution in [2.75, 3.05) is 11.9 Å². The second-order valence-corrected chi connectivity index (χ2v) is 6.38. The molecule has 0 fully saturated rings. The van der Waals surface area contributed by atoms with E-state index in [1.165, 1.54) is 0 Å². The predicted octanol–water partition coefficient (Wildman–Crippen LogP) is 3.92. The van der Waals surface area contributed by atoms with Gasteiger partial charge in [0.25, 0.3) is 0 Å². The molecule has 1 atom stereocenters. The molecule has 0 amide bonds. The molecule has 0 radical (unpaired) electrons. The molecule has 0 bridgehead atoms. The van der Waals surface area contributed by atoms with Crippen molar-refractivity contribution in [1.29, 1.82) is 0 Å². The van der Waals surface area contributed by atoms with Gasteiger partial charge in [0, 0.05) is 28.7 Å². The Balaban J connectivity index is 1.88. The largest absolute Gasteiger partial charge is 0.383 e. The Bertz CT molecular complexity index is 751. The van der Waals surface area contributed by atoms with Crippen LogP contribution in [0.1, 0.15) is 17.4 Å². The summed E-state index contributed by atoms with van der Waals surface area (Å²) >= 11 is 1.57. The highest BCUT2D eigenvalue weighted by Crippen LogP contribution is 2.28. The lowest BCUT2D eigenvalue weighted by molar-refractivity contribution is 0.0755. The van der Waals surface area contributed by atoms with Gasteiger partial charge in [0.05, 0.1) is 5.52 Å². The number of aryl methyl sites for hydroxylation is 1. The van der Waals surface area contributed by atoms with Crippen LogP contribution in [0.5, 0.6) is 0 Å². The number of pyridine rings is 1. The number of nitrogens with zero attached hydrogens (tertiary/aromatic N) is 1. The van der Waals surface area contributed by atoms with Crippen LogP contribution < -0.4 is 5.32 Å². The minimum atomic E-state index is -0.881. The van der Waals surface area contributed by atoms with Crippen LogP contribution >= 0.6 is 11.3 Å². The molecule has 3 rings (SSSR count). The number of aromatic nitrogens is 1. The minimum Gasteiger partial charge on any atom is -0.383 e. The van der Waals surface area contributed by atoms with Crippen molar-refractivity contribution in [2.24, 2.45) is 0 Å². The molecule has 2 heterocycles. The highest BCUT2D eigenvalue weighted by Gasteiger charge is 2.24. The van der Waals surface area contributed by atoms with E-state index in [9.17, 15) is 5.11 Å². The van der Waals surface area contributed by atoms with Crippen molar-refractivity contribution >= 4 is 27.9 Å². The summed E-state index contributed by atoms with van der Waals surface area (Å²) in [4.78, 5) is 5.40. The fraction of sp³-hybridized carbons (Fsp3) is 0.235. The van der Waals surface area contributed by atoms with Crippen molar-refractivity contribution < 1.29 is 5.11 Å². The van der Waals surface area contributed by atoms with Crippen LogP contribution in [0.4, 0.5) is 5.69 Å². The first-order chi connectivity index (χ1) is 10.1. The summed E-state index contributed by atoms with van der Waals surface area (Å²) in [6.07, 6.45) is 1.80. The van der Waals surface area contributed by atoms with Gasteiger partial charge in [0.1, 0.15) is 5.60 Å². The van der Waals surface area contributed by atoms with Crippen molar-refractivity contribution in [1.82, 2.24) is 4.98 Å². The van der Waals surface area contributed by atoms with Gasteiger partial charge in [-0.15, -0.1) is 11.3 Å². The first kappa shape index (κ1) is 14.0. The summed E-state index contributed by atoms with van der Waals surface area (Å²) in [7, 11) is 0. The Kier molecular flexibility index (Phi) is 3.66. The van der Waals surface area contributed by atoms with E-state index in [1.54, 1.807) is 17.5 Å². The average molecular weight is 298 g/mol. The van der Waals surface area contributed by atoms with Gasteiger partial charge in [-0.1, -0.05) is 24.3 Å². The molecule has 1 unspecified atom stereocenters. The molecule has 3 aromatic rings. The highest BCUT2D eigenvalue weighted by molar-refractivity contribution is 7.10. The van der Waals surface area contributed by atoms with Crippen LogP contribution in [0.15, 0.2) is 48.0 Å².